The molecule has 15 heavy (non-hydrogen) atoms. The van der Waals surface area contributed by atoms with Gasteiger partial charge in [0.25, 0.3) is 0 Å². The molecule has 6 heteroatoms. The molecule has 0 heterocycles. The Morgan fingerprint density at radius 2 is 2.13 bits per heavy atom. The number of esters is 1. The van der Waals surface area contributed by atoms with Crippen LogP contribution in [0.2, 0.25) is 0 Å². The molecule has 4 N–H and O–H groups in total. The standard InChI is InChI=1S/C9H17N3O3/c1-3-11-8(14)12-9(7(13)15-2)4-6(10)5-9/h6H,3-5,10H2,1-2H3,(H2,11,12,14). The van der Waals surface area contributed by atoms with E-state index in [-0.39, 0.29) is 12.1 Å². The van der Waals surface area contributed by atoms with Gasteiger partial charge in [-0.05, 0) is 19.8 Å². The fourth-order valence-electron chi connectivity index (χ4n) is 1.77. The number of carbonyl (C=O) groups excluding carboxylic acids is 2. The number of hydrogen-bond acceptors (Lipinski definition) is 4. The summed E-state index contributed by atoms with van der Waals surface area (Å²) in [6.45, 7) is 2.31. The predicted molar refractivity (Wildman–Crippen MR) is 54.2 cm³/mol. The summed E-state index contributed by atoms with van der Waals surface area (Å²) in [7, 11) is 1.30. The molecule has 1 fully saturated rings. The maximum absolute atomic E-state index is 11.5. The number of urea groups is 1. The van der Waals surface area contributed by atoms with Gasteiger partial charge in [-0.1, -0.05) is 0 Å². The van der Waals surface area contributed by atoms with Gasteiger partial charge in [-0.2, -0.15) is 0 Å². The number of nitrogens with two attached hydrogens (primary N) is 1. The van der Waals surface area contributed by atoms with E-state index < -0.39 is 11.5 Å². The Kier molecular flexibility index (Phi) is 3.52. The number of hydrogen-bond donors (Lipinski definition) is 3. The van der Waals surface area contributed by atoms with Crippen molar-refractivity contribution in [2.24, 2.45) is 5.73 Å². The van der Waals surface area contributed by atoms with Gasteiger partial charge in [0.2, 0.25) is 0 Å². The molecule has 0 unspecified atom stereocenters. The molecule has 6 nitrogen and oxygen atoms in total. The summed E-state index contributed by atoms with van der Waals surface area (Å²) < 4.78 is 4.65. The molecule has 0 radical (unpaired) electrons. The van der Waals surface area contributed by atoms with E-state index in [1.807, 2.05) is 0 Å². The van der Waals surface area contributed by atoms with Crippen molar-refractivity contribution in [1.82, 2.24) is 10.6 Å². The van der Waals surface area contributed by atoms with Crippen molar-refractivity contribution in [3.8, 4) is 0 Å². The van der Waals surface area contributed by atoms with Gasteiger partial charge in [0.15, 0.2) is 0 Å². The summed E-state index contributed by atoms with van der Waals surface area (Å²) in [4.78, 5) is 22.8. The first-order valence-corrected chi connectivity index (χ1v) is 4.94. The van der Waals surface area contributed by atoms with Gasteiger partial charge < -0.3 is 21.1 Å². The van der Waals surface area contributed by atoms with E-state index in [1.165, 1.54) is 7.11 Å². The summed E-state index contributed by atoms with van der Waals surface area (Å²) >= 11 is 0. The minimum atomic E-state index is -0.923. The van der Waals surface area contributed by atoms with Crippen LogP contribution in [0, 0.1) is 0 Å². The van der Waals surface area contributed by atoms with Gasteiger partial charge in [-0.15, -0.1) is 0 Å². The number of rotatable bonds is 3. The Morgan fingerprint density at radius 3 is 2.53 bits per heavy atom. The number of nitrogens with one attached hydrogen (secondary N) is 2. The lowest BCUT2D eigenvalue weighted by Crippen LogP contribution is -2.67. The highest BCUT2D eigenvalue weighted by atomic mass is 16.5. The Labute approximate surface area is 88.5 Å². The highest BCUT2D eigenvalue weighted by molar-refractivity contribution is 5.88. The molecule has 0 aromatic carbocycles. The molecule has 0 bridgehead atoms. The monoisotopic (exact) mass is 215 g/mol. The molecule has 0 saturated heterocycles. The Bertz CT molecular complexity index is 261. The Morgan fingerprint density at radius 1 is 1.53 bits per heavy atom. The van der Waals surface area contributed by atoms with Crippen molar-refractivity contribution in [3.63, 3.8) is 0 Å². The topological polar surface area (TPSA) is 93.5 Å². The second-order valence-corrected chi connectivity index (χ2v) is 3.73. The quantitative estimate of drug-likeness (QED) is 0.545. The number of carbonyl (C=O) groups is 2. The van der Waals surface area contributed by atoms with Crippen molar-refractivity contribution in [2.45, 2.75) is 31.3 Å². The van der Waals surface area contributed by atoms with E-state index in [2.05, 4.69) is 15.4 Å². The van der Waals surface area contributed by atoms with E-state index in [1.54, 1.807) is 6.92 Å². The fraction of sp³-hybridized carbons (Fsp3) is 0.778. The molecular formula is C9H17N3O3. The van der Waals surface area contributed by atoms with Gasteiger partial charge in [-0.25, -0.2) is 9.59 Å². The van der Waals surface area contributed by atoms with Crippen LogP contribution in [0.5, 0.6) is 0 Å². The van der Waals surface area contributed by atoms with Crippen molar-refractivity contribution in [1.29, 1.82) is 0 Å². The van der Waals surface area contributed by atoms with Crippen LogP contribution in [0.3, 0.4) is 0 Å². The third kappa shape index (κ3) is 2.38. The molecular weight excluding hydrogens is 198 g/mol. The smallest absolute Gasteiger partial charge is 0.331 e. The normalized spacial score (nSPS) is 28.9. The van der Waals surface area contributed by atoms with Crippen LogP contribution in [0.1, 0.15) is 19.8 Å². The summed E-state index contributed by atoms with van der Waals surface area (Å²) in [5.74, 6) is -0.435. The number of amides is 2. The average Bonchev–Trinajstić information content (AvgIpc) is 2.14. The van der Waals surface area contributed by atoms with Crippen LogP contribution < -0.4 is 16.4 Å². The van der Waals surface area contributed by atoms with Crippen LogP contribution in [0.15, 0.2) is 0 Å². The molecule has 0 atom stereocenters. The summed E-state index contributed by atoms with van der Waals surface area (Å²) in [6.07, 6.45) is 0.855. The van der Waals surface area contributed by atoms with Crippen molar-refractivity contribution in [2.75, 3.05) is 13.7 Å². The second-order valence-electron chi connectivity index (χ2n) is 3.73. The maximum atomic E-state index is 11.5. The zero-order valence-corrected chi connectivity index (χ0v) is 9.00. The molecule has 1 aliphatic carbocycles. The van der Waals surface area contributed by atoms with Crippen molar-refractivity contribution in [3.05, 3.63) is 0 Å². The lowest BCUT2D eigenvalue weighted by atomic mass is 9.73. The van der Waals surface area contributed by atoms with E-state index in [0.717, 1.165) is 0 Å². The van der Waals surface area contributed by atoms with Gasteiger partial charge in [0.05, 0.1) is 7.11 Å². The first kappa shape index (κ1) is 11.8. The average molecular weight is 215 g/mol. The molecule has 2 amide bonds. The molecule has 86 valence electrons. The SMILES string of the molecule is CCNC(=O)NC1(C(=O)OC)CC(N)C1. The van der Waals surface area contributed by atoms with Gasteiger partial charge in [-0.3, -0.25) is 0 Å². The molecule has 0 aromatic heterocycles. The molecule has 0 aromatic rings. The summed E-state index contributed by atoms with van der Waals surface area (Å²) in [5, 5.41) is 5.17. The molecule has 0 aliphatic heterocycles. The van der Waals surface area contributed by atoms with E-state index >= 15 is 0 Å². The highest BCUT2D eigenvalue weighted by Gasteiger charge is 2.51. The van der Waals surface area contributed by atoms with Crippen molar-refractivity contribution >= 4 is 12.0 Å². The molecule has 1 rings (SSSR count). The largest absolute Gasteiger partial charge is 0.467 e. The minimum absolute atomic E-state index is 0.0500. The predicted octanol–water partition coefficient (Wildman–Crippen LogP) is -0.662. The van der Waals surface area contributed by atoms with Crippen molar-refractivity contribution < 1.29 is 14.3 Å². The van der Waals surface area contributed by atoms with Gasteiger partial charge in [0, 0.05) is 12.6 Å². The summed E-state index contributed by atoms with van der Waals surface area (Å²) in [5.41, 5.74) is 4.69. The number of methoxy groups -OCH3 is 1. The highest BCUT2D eigenvalue weighted by Crippen LogP contribution is 2.32. The van der Waals surface area contributed by atoms with Gasteiger partial charge in [0.1, 0.15) is 5.54 Å². The van der Waals surface area contributed by atoms with Crippen LogP contribution in [0.25, 0.3) is 0 Å². The van der Waals surface area contributed by atoms with Crippen LogP contribution >= 0.6 is 0 Å². The lowest BCUT2D eigenvalue weighted by Gasteiger charge is -2.43. The van der Waals surface area contributed by atoms with Crippen LogP contribution in [-0.4, -0.2) is 37.2 Å². The van der Waals surface area contributed by atoms with Gasteiger partial charge >= 0.3 is 12.0 Å². The van der Waals surface area contributed by atoms with E-state index in [0.29, 0.717) is 19.4 Å². The third-order valence-electron chi connectivity index (χ3n) is 2.49. The zero-order valence-electron chi connectivity index (χ0n) is 9.00. The Hall–Kier alpha value is -1.30. The first-order valence-electron chi connectivity index (χ1n) is 4.94. The summed E-state index contributed by atoms with van der Waals surface area (Å²) in [6, 6.07) is -0.416. The Balaban J connectivity index is 2.59. The lowest BCUT2D eigenvalue weighted by molar-refractivity contribution is -0.152. The van der Waals surface area contributed by atoms with Crippen LogP contribution in [-0.2, 0) is 9.53 Å². The molecule has 1 aliphatic rings. The number of ether oxygens (including phenoxy) is 1. The van der Waals surface area contributed by atoms with Crippen LogP contribution in [0.4, 0.5) is 4.79 Å². The minimum Gasteiger partial charge on any atom is -0.467 e. The first-order chi connectivity index (χ1) is 7.04. The van der Waals surface area contributed by atoms with E-state index in [9.17, 15) is 9.59 Å². The molecule has 0 spiro atoms. The third-order valence-corrected chi connectivity index (χ3v) is 2.49. The fourth-order valence-corrected chi connectivity index (χ4v) is 1.77. The maximum Gasteiger partial charge on any atom is 0.331 e. The van der Waals surface area contributed by atoms with E-state index in [4.69, 9.17) is 5.73 Å². The second kappa shape index (κ2) is 4.48. The molecule has 1 saturated carbocycles. The zero-order chi connectivity index (χ0) is 11.5.